The second-order valence-electron chi connectivity index (χ2n) is 5.63. The minimum atomic E-state index is -0.529. The number of halogens is 2. The normalized spacial score (nSPS) is 14.2. The Kier molecular flexibility index (Phi) is 6.84. The zero-order valence-corrected chi connectivity index (χ0v) is 13.3. The SMILES string of the molecule is CC(NC(=O)[C@@H](N)C(C)(C)C)c1cccc(Cl)c1.Cl. The van der Waals surface area contributed by atoms with Crippen LogP contribution in [-0.2, 0) is 4.79 Å². The van der Waals surface area contributed by atoms with E-state index in [1.807, 2.05) is 45.9 Å². The van der Waals surface area contributed by atoms with E-state index in [-0.39, 0.29) is 29.8 Å². The first kappa shape index (κ1) is 18.2. The van der Waals surface area contributed by atoms with E-state index in [1.165, 1.54) is 0 Å². The summed E-state index contributed by atoms with van der Waals surface area (Å²) in [6.45, 7) is 7.75. The Morgan fingerprint density at radius 3 is 2.42 bits per heavy atom. The van der Waals surface area contributed by atoms with Crippen molar-refractivity contribution in [3.8, 4) is 0 Å². The van der Waals surface area contributed by atoms with Gasteiger partial charge < -0.3 is 11.1 Å². The number of amides is 1. The number of nitrogens with two attached hydrogens (primary N) is 1. The lowest BCUT2D eigenvalue weighted by Crippen LogP contribution is -2.49. The van der Waals surface area contributed by atoms with Crippen LogP contribution in [0.15, 0.2) is 24.3 Å². The molecule has 0 aliphatic heterocycles. The predicted octanol–water partition coefficient (Wildman–Crippen LogP) is 3.31. The molecule has 108 valence electrons. The number of hydrogen-bond acceptors (Lipinski definition) is 2. The molecule has 1 amide bonds. The molecule has 0 heterocycles. The van der Waals surface area contributed by atoms with Crippen molar-refractivity contribution < 1.29 is 4.79 Å². The summed E-state index contributed by atoms with van der Waals surface area (Å²) in [4.78, 5) is 12.0. The summed E-state index contributed by atoms with van der Waals surface area (Å²) in [5, 5.41) is 3.57. The van der Waals surface area contributed by atoms with Crippen molar-refractivity contribution in [3.05, 3.63) is 34.9 Å². The van der Waals surface area contributed by atoms with Crippen LogP contribution in [0.1, 0.15) is 39.3 Å². The van der Waals surface area contributed by atoms with Gasteiger partial charge in [-0.05, 0) is 30.0 Å². The highest BCUT2D eigenvalue weighted by atomic mass is 35.5. The molecule has 0 aromatic heterocycles. The number of rotatable bonds is 3. The van der Waals surface area contributed by atoms with E-state index in [9.17, 15) is 4.79 Å². The van der Waals surface area contributed by atoms with E-state index in [1.54, 1.807) is 6.07 Å². The number of carbonyl (C=O) groups is 1. The van der Waals surface area contributed by atoms with Crippen LogP contribution in [0.3, 0.4) is 0 Å². The van der Waals surface area contributed by atoms with Gasteiger partial charge in [0.05, 0.1) is 12.1 Å². The molecule has 3 N–H and O–H groups in total. The minimum Gasteiger partial charge on any atom is -0.348 e. The molecule has 0 fully saturated rings. The van der Waals surface area contributed by atoms with Crippen molar-refractivity contribution in [1.29, 1.82) is 0 Å². The van der Waals surface area contributed by atoms with Crippen LogP contribution in [0, 0.1) is 5.41 Å². The molecule has 2 atom stereocenters. The number of hydrogen-bond donors (Lipinski definition) is 2. The lowest BCUT2D eigenvalue weighted by molar-refractivity contribution is -0.125. The van der Waals surface area contributed by atoms with Crippen LogP contribution in [0.2, 0.25) is 5.02 Å². The average molecular weight is 305 g/mol. The summed E-state index contributed by atoms with van der Waals surface area (Å²) in [6, 6.07) is 6.81. The Balaban J connectivity index is 0.00000324. The zero-order valence-electron chi connectivity index (χ0n) is 11.7. The Bertz CT molecular complexity index is 430. The maximum atomic E-state index is 12.0. The molecular formula is C14H22Cl2N2O. The molecule has 1 aromatic carbocycles. The van der Waals surface area contributed by atoms with Crippen LogP contribution < -0.4 is 11.1 Å². The van der Waals surface area contributed by atoms with E-state index in [4.69, 9.17) is 17.3 Å². The summed E-state index contributed by atoms with van der Waals surface area (Å²) < 4.78 is 0. The fraction of sp³-hybridized carbons (Fsp3) is 0.500. The van der Waals surface area contributed by atoms with Crippen LogP contribution in [0.25, 0.3) is 0 Å². The number of nitrogens with one attached hydrogen (secondary N) is 1. The highest BCUT2D eigenvalue weighted by Crippen LogP contribution is 2.20. The Hall–Kier alpha value is -0.770. The maximum absolute atomic E-state index is 12.0. The Morgan fingerprint density at radius 2 is 1.95 bits per heavy atom. The monoisotopic (exact) mass is 304 g/mol. The van der Waals surface area contributed by atoms with Crippen LogP contribution >= 0.6 is 24.0 Å². The minimum absolute atomic E-state index is 0. The topological polar surface area (TPSA) is 55.1 Å². The van der Waals surface area contributed by atoms with Gasteiger partial charge in [-0.2, -0.15) is 0 Å². The van der Waals surface area contributed by atoms with E-state index in [2.05, 4.69) is 5.32 Å². The molecule has 3 nitrogen and oxygen atoms in total. The van der Waals surface area contributed by atoms with Gasteiger partial charge in [-0.1, -0.05) is 44.5 Å². The fourth-order valence-electron chi connectivity index (χ4n) is 1.56. The molecule has 1 aromatic rings. The van der Waals surface area contributed by atoms with Crippen LogP contribution in [0.4, 0.5) is 0 Å². The third-order valence-corrected chi connectivity index (χ3v) is 3.16. The standard InChI is InChI=1S/C14H21ClN2O.ClH/c1-9(10-6-5-7-11(15)8-10)17-13(18)12(16)14(2,3)4;/h5-9,12H,16H2,1-4H3,(H,17,18);1H/t9?,12-;/m1./s1. The predicted molar refractivity (Wildman–Crippen MR) is 82.7 cm³/mol. The van der Waals surface area contributed by atoms with Crippen molar-refractivity contribution in [2.24, 2.45) is 11.1 Å². The number of benzene rings is 1. The summed E-state index contributed by atoms with van der Waals surface area (Å²) in [6.07, 6.45) is 0. The quantitative estimate of drug-likeness (QED) is 0.900. The van der Waals surface area contributed by atoms with Gasteiger partial charge in [-0.3, -0.25) is 4.79 Å². The largest absolute Gasteiger partial charge is 0.348 e. The first-order valence-electron chi connectivity index (χ1n) is 6.03. The average Bonchev–Trinajstić information content (AvgIpc) is 2.26. The first-order chi connectivity index (χ1) is 8.21. The van der Waals surface area contributed by atoms with Crippen LogP contribution in [-0.4, -0.2) is 11.9 Å². The van der Waals surface area contributed by atoms with Gasteiger partial charge in [0.1, 0.15) is 0 Å². The van der Waals surface area contributed by atoms with Crippen molar-refractivity contribution in [2.75, 3.05) is 0 Å². The number of carbonyl (C=O) groups excluding carboxylic acids is 1. The van der Waals surface area contributed by atoms with Gasteiger partial charge in [0.25, 0.3) is 0 Å². The highest BCUT2D eigenvalue weighted by molar-refractivity contribution is 6.30. The van der Waals surface area contributed by atoms with E-state index < -0.39 is 6.04 Å². The molecule has 0 spiro atoms. The van der Waals surface area contributed by atoms with Gasteiger partial charge >= 0.3 is 0 Å². The van der Waals surface area contributed by atoms with Crippen molar-refractivity contribution >= 4 is 29.9 Å². The fourth-order valence-corrected chi connectivity index (χ4v) is 1.75. The molecule has 0 saturated carbocycles. The van der Waals surface area contributed by atoms with E-state index in [0.717, 1.165) is 5.56 Å². The maximum Gasteiger partial charge on any atom is 0.237 e. The molecular weight excluding hydrogens is 283 g/mol. The Morgan fingerprint density at radius 1 is 1.37 bits per heavy atom. The third kappa shape index (κ3) is 5.39. The van der Waals surface area contributed by atoms with Gasteiger partial charge in [0.2, 0.25) is 5.91 Å². The lowest BCUT2D eigenvalue weighted by atomic mass is 9.86. The highest BCUT2D eigenvalue weighted by Gasteiger charge is 2.28. The van der Waals surface area contributed by atoms with Crippen molar-refractivity contribution in [2.45, 2.75) is 39.8 Å². The molecule has 0 aliphatic rings. The second kappa shape index (κ2) is 7.13. The molecule has 1 rings (SSSR count). The van der Waals surface area contributed by atoms with Crippen molar-refractivity contribution in [1.82, 2.24) is 5.32 Å². The van der Waals surface area contributed by atoms with Gasteiger partial charge in [0, 0.05) is 5.02 Å². The molecule has 5 heteroatoms. The molecule has 0 radical (unpaired) electrons. The molecule has 1 unspecified atom stereocenters. The first-order valence-corrected chi connectivity index (χ1v) is 6.41. The lowest BCUT2D eigenvalue weighted by Gasteiger charge is -2.27. The molecule has 19 heavy (non-hydrogen) atoms. The smallest absolute Gasteiger partial charge is 0.237 e. The molecule has 0 saturated heterocycles. The van der Waals surface area contributed by atoms with Gasteiger partial charge in [-0.15, -0.1) is 12.4 Å². The van der Waals surface area contributed by atoms with Crippen molar-refractivity contribution in [3.63, 3.8) is 0 Å². The summed E-state index contributed by atoms with van der Waals surface area (Å²) in [5.41, 5.74) is 6.63. The van der Waals surface area contributed by atoms with E-state index in [0.29, 0.717) is 5.02 Å². The van der Waals surface area contributed by atoms with Crippen LogP contribution in [0.5, 0.6) is 0 Å². The third-order valence-electron chi connectivity index (χ3n) is 2.92. The summed E-state index contributed by atoms with van der Waals surface area (Å²) in [7, 11) is 0. The van der Waals surface area contributed by atoms with Gasteiger partial charge in [-0.25, -0.2) is 0 Å². The van der Waals surface area contributed by atoms with Gasteiger partial charge in [0.15, 0.2) is 0 Å². The molecule has 0 aliphatic carbocycles. The zero-order chi connectivity index (χ0) is 13.9. The molecule has 0 bridgehead atoms. The van der Waals surface area contributed by atoms with E-state index >= 15 is 0 Å². The summed E-state index contributed by atoms with van der Waals surface area (Å²) in [5.74, 6) is -0.144. The summed E-state index contributed by atoms with van der Waals surface area (Å²) >= 11 is 5.92. The Labute approximate surface area is 126 Å². The second-order valence-corrected chi connectivity index (χ2v) is 6.07.